The van der Waals surface area contributed by atoms with E-state index in [-0.39, 0.29) is 25.5 Å². The van der Waals surface area contributed by atoms with E-state index in [0.29, 0.717) is 18.0 Å². The molecular weight excluding hydrogens is 253 g/mol. The molecule has 2 aliphatic rings. The van der Waals surface area contributed by atoms with Crippen LogP contribution in [-0.4, -0.2) is 32.1 Å². The Balaban J connectivity index is 1.74. The molecule has 0 saturated carbocycles. The van der Waals surface area contributed by atoms with E-state index in [4.69, 9.17) is 14.2 Å². The highest BCUT2D eigenvalue weighted by Crippen LogP contribution is 2.32. The van der Waals surface area contributed by atoms with Gasteiger partial charge in [-0.1, -0.05) is 0 Å². The van der Waals surface area contributed by atoms with Gasteiger partial charge in [0.15, 0.2) is 12.9 Å². The van der Waals surface area contributed by atoms with Crippen LogP contribution in [0.3, 0.4) is 0 Å². The Kier molecular flexibility index (Phi) is 3.35. The number of amides is 1. The molecule has 1 amide bonds. The second-order valence-electron chi connectivity index (χ2n) is 4.46. The molecule has 0 N–H and O–H groups in total. The van der Waals surface area contributed by atoms with Crippen LogP contribution in [0.4, 0.5) is 10.1 Å². The molecule has 0 radical (unpaired) electrons. The van der Waals surface area contributed by atoms with Gasteiger partial charge in [-0.3, -0.25) is 9.69 Å². The van der Waals surface area contributed by atoms with E-state index in [2.05, 4.69) is 0 Å². The number of carbonyl (C=O) groups is 1. The van der Waals surface area contributed by atoms with Gasteiger partial charge in [-0.2, -0.15) is 0 Å². The molecule has 6 heteroatoms. The number of halogens is 1. The van der Waals surface area contributed by atoms with Crippen LogP contribution in [0.25, 0.3) is 0 Å². The molecule has 0 aromatic heterocycles. The lowest BCUT2D eigenvalue weighted by Gasteiger charge is -2.29. The first kappa shape index (κ1) is 12.4. The summed E-state index contributed by atoms with van der Waals surface area (Å²) in [6.45, 7) is 0.667. The molecule has 1 saturated heterocycles. The van der Waals surface area contributed by atoms with Gasteiger partial charge in [0.1, 0.15) is 18.3 Å². The van der Waals surface area contributed by atoms with Crippen LogP contribution in [-0.2, 0) is 14.3 Å². The van der Waals surface area contributed by atoms with E-state index >= 15 is 0 Å². The molecule has 1 atom stereocenters. The molecule has 3 rings (SSSR count). The van der Waals surface area contributed by atoms with E-state index in [1.54, 1.807) is 0 Å². The highest BCUT2D eigenvalue weighted by Gasteiger charge is 2.27. The van der Waals surface area contributed by atoms with Gasteiger partial charge >= 0.3 is 0 Å². The van der Waals surface area contributed by atoms with Crippen molar-refractivity contribution >= 4 is 11.6 Å². The molecule has 0 bridgehead atoms. The van der Waals surface area contributed by atoms with Crippen molar-refractivity contribution in [2.75, 3.05) is 24.8 Å². The maximum absolute atomic E-state index is 13.1. The van der Waals surface area contributed by atoms with Crippen LogP contribution in [0.1, 0.15) is 12.8 Å². The lowest BCUT2D eigenvalue weighted by atomic mass is 10.2. The van der Waals surface area contributed by atoms with Gasteiger partial charge in [-0.25, -0.2) is 4.39 Å². The smallest absolute Gasteiger partial charge is 0.266 e. The maximum Gasteiger partial charge on any atom is 0.266 e. The van der Waals surface area contributed by atoms with Crippen LogP contribution >= 0.6 is 0 Å². The minimum Gasteiger partial charge on any atom is -0.481 e. The Labute approximate surface area is 109 Å². The standard InChI is InChI=1S/C13H14FNO4/c14-9-3-4-10-11(6-9)18-7-12(16)15(10)8-19-13-2-1-5-17-13/h3-4,6,13H,1-2,5,7-8H2. The summed E-state index contributed by atoms with van der Waals surface area (Å²) in [4.78, 5) is 13.3. The number of anilines is 1. The van der Waals surface area contributed by atoms with Crippen LogP contribution in [0.5, 0.6) is 5.75 Å². The van der Waals surface area contributed by atoms with Crippen LogP contribution < -0.4 is 9.64 Å². The van der Waals surface area contributed by atoms with Gasteiger partial charge in [0.25, 0.3) is 5.91 Å². The minimum absolute atomic E-state index is 0.0888. The maximum atomic E-state index is 13.1. The number of rotatable bonds is 3. The summed E-state index contributed by atoms with van der Waals surface area (Å²) in [6, 6.07) is 4.07. The summed E-state index contributed by atoms with van der Waals surface area (Å²) in [5.41, 5.74) is 0.524. The quantitative estimate of drug-likeness (QED) is 0.835. The van der Waals surface area contributed by atoms with Gasteiger partial charge < -0.3 is 14.2 Å². The van der Waals surface area contributed by atoms with E-state index in [9.17, 15) is 9.18 Å². The van der Waals surface area contributed by atoms with Gasteiger partial charge in [0, 0.05) is 19.1 Å². The largest absolute Gasteiger partial charge is 0.481 e. The molecule has 1 aromatic rings. The number of hydrogen-bond acceptors (Lipinski definition) is 4. The Morgan fingerprint density at radius 2 is 2.37 bits per heavy atom. The summed E-state index contributed by atoms with van der Waals surface area (Å²) < 4.78 is 29.2. The second-order valence-corrected chi connectivity index (χ2v) is 4.46. The summed E-state index contributed by atoms with van der Waals surface area (Å²) in [5.74, 6) is -0.249. The van der Waals surface area contributed by atoms with E-state index < -0.39 is 5.82 Å². The summed E-state index contributed by atoms with van der Waals surface area (Å²) in [7, 11) is 0. The topological polar surface area (TPSA) is 48.0 Å². The Morgan fingerprint density at radius 3 is 3.16 bits per heavy atom. The third-order valence-electron chi connectivity index (χ3n) is 3.14. The fourth-order valence-corrected chi connectivity index (χ4v) is 2.16. The molecule has 1 unspecified atom stereocenters. The number of carbonyl (C=O) groups excluding carboxylic acids is 1. The van der Waals surface area contributed by atoms with E-state index in [1.807, 2.05) is 0 Å². The van der Waals surface area contributed by atoms with Gasteiger partial charge in [0.05, 0.1) is 5.69 Å². The highest BCUT2D eigenvalue weighted by atomic mass is 19.1. The lowest BCUT2D eigenvalue weighted by Crippen LogP contribution is -2.41. The average molecular weight is 267 g/mol. The second kappa shape index (κ2) is 5.14. The number of hydrogen-bond donors (Lipinski definition) is 0. The predicted octanol–water partition coefficient (Wildman–Crippen LogP) is 1.66. The van der Waals surface area contributed by atoms with Crippen LogP contribution in [0, 0.1) is 5.82 Å². The SMILES string of the molecule is O=C1COc2cc(F)ccc2N1COC1CCCO1. The summed E-state index contributed by atoms with van der Waals surface area (Å²) in [6.07, 6.45) is 1.53. The molecule has 2 aliphatic heterocycles. The summed E-state index contributed by atoms with van der Waals surface area (Å²) in [5, 5.41) is 0. The van der Waals surface area contributed by atoms with Gasteiger partial charge in [-0.05, 0) is 18.6 Å². The minimum atomic E-state index is -0.395. The zero-order chi connectivity index (χ0) is 13.2. The number of benzene rings is 1. The molecule has 0 aliphatic carbocycles. The van der Waals surface area contributed by atoms with E-state index in [0.717, 1.165) is 12.8 Å². The van der Waals surface area contributed by atoms with Crippen LogP contribution in [0.15, 0.2) is 18.2 Å². The third-order valence-corrected chi connectivity index (χ3v) is 3.14. The first-order valence-corrected chi connectivity index (χ1v) is 6.20. The Hall–Kier alpha value is -1.66. The van der Waals surface area contributed by atoms with Crippen molar-refractivity contribution in [2.45, 2.75) is 19.1 Å². The highest BCUT2D eigenvalue weighted by molar-refractivity contribution is 5.97. The van der Waals surface area contributed by atoms with E-state index in [1.165, 1.54) is 23.1 Å². The Morgan fingerprint density at radius 1 is 1.47 bits per heavy atom. The zero-order valence-corrected chi connectivity index (χ0v) is 10.3. The monoisotopic (exact) mass is 267 g/mol. The lowest BCUT2D eigenvalue weighted by molar-refractivity contribution is -0.130. The van der Waals surface area contributed by atoms with Crippen molar-refractivity contribution in [1.29, 1.82) is 0 Å². The fraction of sp³-hybridized carbons (Fsp3) is 0.462. The van der Waals surface area contributed by atoms with Crippen molar-refractivity contribution in [3.63, 3.8) is 0 Å². The first-order valence-electron chi connectivity index (χ1n) is 6.20. The molecule has 2 heterocycles. The summed E-state index contributed by atoms with van der Waals surface area (Å²) >= 11 is 0. The molecule has 1 fully saturated rings. The normalized spacial score (nSPS) is 22.3. The third kappa shape index (κ3) is 2.54. The fourth-order valence-electron chi connectivity index (χ4n) is 2.16. The van der Waals surface area contributed by atoms with Crippen molar-refractivity contribution in [3.05, 3.63) is 24.0 Å². The van der Waals surface area contributed by atoms with Gasteiger partial charge in [0.2, 0.25) is 0 Å². The molecule has 19 heavy (non-hydrogen) atoms. The van der Waals surface area contributed by atoms with Crippen molar-refractivity contribution in [1.82, 2.24) is 0 Å². The molecule has 102 valence electrons. The van der Waals surface area contributed by atoms with Crippen molar-refractivity contribution in [3.8, 4) is 5.75 Å². The molecular formula is C13H14FNO4. The Bertz CT molecular complexity index is 488. The number of nitrogens with zero attached hydrogens (tertiary/aromatic N) is 1. The molecule has 0 spiro atoms. The molecule has 1 aromatic carbocycles. The van der Waals surface area contributed by atoms with Crippen molar-refractivity contribution in [2.24, 2.45) is 0 Å². The van der Waals surface area contributed by atoms with Gasteiger partial charge in [-0.15, -0.1) is 0 Å². The predicted molar refractivity (Wildman–Crippen MR) is 64.3 cm³/mol. The number of ether oxygens (including phenoxy) is 3. The average Bonchev–Trinajstić information content (AvgIpc) is 2.91. The number of fused-ring (bicyclic) bond motifs is 1. The first-order chi connectivity index (χ1) is 9.24. The molecule has 5 nitrogen and oxygen atoms in total. The van der Waals surface area contributed by atoms with Crippen LogP contribution in [0.2, 0.25) is 0 Å². The van der Waals surface area contributed by atoms with Crippen molar-refractivity contribution < 1.29 is 23.4 Å². The zero-order valence-electron chi connectivity index (χ0n) is 10.3.